The van der Waals surface area contributed by atoms with Crippen LogP contribution >= 0.6 is 0 Å². The highest BCUT2D eigenvalue weighted by atomic mass is 16.5. The largest absolute Gasteiger partial charge is 0.461 e. The van der Waals surface area contributed by atoms with E-state index in [1.807, 2.05) is 42.5 Å². The molecule has 1 N–H and O–H groups in total. The molecule has 2 aliphatic rings. The van der Waals surface area contributed by atoms with Crippen molar-refractivity contribution < 1.29 is 19.1 Å². The Kier molecular flexibility index (Phi) is 8.91. The van der Waals surface area contributed by atoms with Gasteiger partial charge in [0.2, 0.25) is 5.91 Å². The SMILES string of the molecule is CCC(=O)Oc1ccc(CNCCC(=O)N2CCc3nc(OC4CCCC4)n(-c4ccccc4)c(=O)c3C2)cc1. The Morgan fingerprint density at radius 3 is 2.52 bits per heavy atom. The Hall–Kier alpha value is -3.98. The van der Waals surface area contributed by atoms with Gasteiger partial charge in [0.1, 0.15) is 11.9 Å². The van der Waals surface area contributed by atoms with E-state index in [-0.39, 0.29) is 30.1 Å². The zero-order chi connectivity index (χ0) is 27.9. The molecule has 0 radical (unpaired) electrons. The number of rotatable bonds is 10. The van der Waals surface area contributed by atoms with Gasteiger partial charge in [-0.15, -0.1) is 0 Å². The van der Waals surface area contributed by atoms with Crippen molar-refractivity contribution in [3.8, 4) is 17.4 Å². The molecule has 3 aromatic rings. The van der Waals surface area contributed by atoms with Gasteiger partial charge in [-0.1, -0.05) is 37.3 Å². The van der Waals surface area contributed by atoms with Gasteiger partial charge >= 0.3 is 12.0 Å². The summed E-state index contributed by atoms with van der Waals surface area (Å²) < 4.78 is 13.0. The monoisotopic (exact) mass is 544 g/mol. The maximum atomic E-state index is 13.8. The van der Waals surface area contributed by atoms with Gasteiger partial charge in [0.25, 0.3) is 5.56 Å². The Balaban J connectivity index is 1.21. The molecular weight excluding hydrogens is 508 g/mol. The first kappa shape index (κ1) is 27.6. The molecule has 0 bridgehead atoms. The number of aromatic nitrogens is 2. The van der Waals surface area contributed by atoms with Crippen LogP contribution < -0.4 is 20.3 Å². The van der Waals surface area contributed by atoms with E-state index >= 15 is 0 Å². The third-order valence-corrected chi connectivity index (χ3v) is 7.43. The number of hydrogen-bond acceptors (Lipinski definition) is 7. The van der Waals surface area contributed by atoms with Crippen molar-refractivity contribution in [2.45, 2.75) is 71.1 Å². The normalized spacial score (nSPS) is 15.1. The van der Waals surface area contributed by atoms with E-state index in [9.17, 15) is 14.4 Å². The highest BCUT2D eigenvalue weighted by Gasteiger charge is 2.28. The van der Waals surface area contributed by atoms with E-state index in [4.69, 9.17) is 14.5 Å². The standard InChI is InChI=1S/C31H36N4O5/c1-2-29(37)39-25-14-12-22(13-15-25)20-32-18-16-28(36)34-19-17-27-26(21-34)30(38)35(23-8-4-3-5-9-23)31(33-27)40-24-10-6-7-11-24/h3-5,8-9,12-15,24,32H,2,6-7,10-11,16-21H2,1H3. The number of benzene rings is 2. The Morgan fingerprint density at radius 2 is 1.80 bits per heavy atom. The first-order chi connectivity index (χ1) is 19.5. The molecule has 2 heterocycles. The second kappa shape index (κ2) is 12.9. The highest BCUT2D eigenvalue weighted by molar-refractivity contribution is 5.76. The summed E-state index contributed by atoms with van der Waals surface area (Å²) in [7, 11) is 0. The van der Waals surface area contributed by atoms with Crippen molar-refractivity contribution in [3.05, 3.63) is 81.8 Å². The van der Waals surface area contributed by atoms with Gasteiger partial charge in [0.15, 0.2) is 0 Å². The fourth-order valence-corrected chi connectivity index (χ4v) is 5.17. The summed E-state index contributed by atoms with van der Waals surface area (Å²) >= 11 is 0. The number of ether oxygens (including phenoxy) is 2. The number of fused-ring (bicyclic) bond motifs is 1. The molecule has 1 amide bonds. The van der Waals surface area contributed by atoms with Gasteiger partial charge in [0, 0.05) is 38.9 Å². The van der Waals surface area contributed by atoms with E-state index in [1.165, 1.54) is 0 Å². The number of nitrogens with one attached hydrogen (secondary N) is 1. The maximum Gasteiger partial charge on any atom is 0.310 e. The molecule has 0 spiro atoms. The van der Waals surface area contributed by atoms with Crippen LogP contribution in [-0.4, -0.2) is 45.5 Å². The second-order valence-corrected chi connectivity index (χ2v) is 10.3. The quantitative estimate of drug-likeness (QED) is 0.234. The molecule has 9 heteroatoms. The third-order valence-electron chi connectivity index (χ3n) is 7.43. The predicted molar refractivity (Wildman–Crippen MR) is 151 cm³/mol. The summed E-state index contributed by atoms with van der Waals surface area (Å²) in [4.78, 5) is 44.8. The van der Waals surface area contributed by atoms with Gasteiger partial charge in [-0.2, -0.15) is 0 Å². The lowest BCUT2D eigenvalue weighted by Gasteiger charge is -2.29. The smallest absolute Gasteiger partial charge is 0.310 e. The topological polar surface area (TPSA) is 103 Å². The van der Waals surface area contributed by atoms with E-state index in [2.05, 4.69) is 5.32 Å². The third kappa shape index (κ3) is 6.59. The van der Waals surface area contributed by atoms with Crippen molar-refractivity contribution in [2.24, 2.45) is 0 Å². The highest BCUT2D eigenvalue weighted by Crippen LogP contribution is 2.26. The molecule has 0 atom stereocenters. The predicted octanol–water partition coefficient (Wildman–Crippen LogP) is 3.93. The fraction of sp³-hybridized carbons (Fsp3) is 0.419. The summed E-state index contributed by atoms with van der Waals surface area (Å²) in [5, 5.41) is 3.30. The minimum Gasteiger partial charge on any atom is -0.461 e. The molecule has 1 aliphatic carbocycles. The minimum atomic E-state index is -0.266. The van der Waals surface area contributed by atoms with Crippen LogP contribution in [-0.2, 0) is 29.1 Å². The second-order valence-electron chi connectivity index (χ2n) is 10.3. The summed E-state index contributed by atoms with van der Waals surface area (Å²) in [6, 6.07) is 17.1. The zero-order valence-electron chi connectivity index (χ0n) is 22.9. The lowest BCUT2D eigenvalue weighted by molar-refractivity contribution is -0.134. The van der Waals surface area contributed by atoms with Crippen molar-refractivity contribution in [2.75, 3.05) is 13.1 Å². The first-order valence-corrected chi connectivity index (χ1v) is 14.2. The van der Waals surface area contributed by atoms with E-state index in [0.717, 1.165) is 36.9 Å². The Morgan fingerprint density at radius 1 is 1.05 bits per heavy atom. The average molecular weight is 545 g/mol. The maximum absolute atomic E-state index is 13.8. The zero-order valence-corrected chi connectivity index (χ0v) is 22.9. The van der Waals surface area contributed by atoms with Crippen LogP contribution in [0.3, 0.4) is 0 Å². The lowest BCUT2D eigenvalue weighted by Crippen LogP contribution is -2.42. The van der Waals surface area contributed by atoms with Crippen LogP contribution in [0.1, 0.15) is 62.3 Å². The molecule has 1 aromatic heterocycles. The van der Waals surface area contributed by atoms with Crippen LogP contribution in [0.5, 0.6) is 11.8 Å². The van der Waals surface area contributed by atoms with Crippen molar-refractivity contribution in [3.63, 3.8) is 0 Å². The van der Waals surface area contributed by atoms with Gasteiger partial charge in [-0.25, -0.2) is 9.55 Å². The van der Waals surface area contributed by atoms with Crippen LogP contribution in [0.2, 0.25) is 0 Å². The lowest BCUT2D eigenvalue weighted by atomic mass is 10.1. The van der Waals surface area contributed by atoms with E-state index < -0.39 is 0 Å². The molecular formula is C31H36N4O5. The van der Waals surface area contributed by atoms with Gasteiger partial charge in [-0.3, -0.25) is 14.4 Å². The van der Waals surface area contributed by atoms with Crippen LogP contribution in [0.25, 0.3) is 5.69 Å². The molecule has 0 unspecified atom stereocenters. The number of amides is 1. The van der Waals surface area contributed by atoms with Gasteiger partial charge in [0.05, 0.1) is 23.5 Å². The van der Waals surface area contributed by atoms with E-state index in [1.54, 1.807) is 28.5 Å². The van der Waals surface area contributed by atoms with Crippen molar-refractivity contribution >= 4 is 11.9 Å². The summed E-state index contributed by atoms with van der Waals surface area (Å²) in [6.45, 7) is 3.62. The molecule has 2 aromatic carbocycles. The van der Waals surface area contributed by atoms with Crippen LogP contribution in [0.15, 0.2) is 59.4 Å². The average Bonchev–Trinajstić information content (AvgIpc) is 3.49. The van der Waals surface area contributed by atoms with Crippen LogP contribution in [0, 0.1) is 0 Å². The summed E-state index contributed by atoms with van der Waals surface area (Å²) in [6.07, 6.45) is 5.44. The van der Waals surface area contributed by atoms with Gasteiger partial charge < -0.3 is 19.7 Å². The van der Waals surface area contributed by atoms with E-state index in [0.29, 0.717) is 61.9 Å². The summed E-state index contributed by atoms with van der Waals surface area (Å²) in [5.41, 5.74) is 2.84. The molecule has 0 saturated heterocycles. The molecule has 1 fully saturated rings. The molecule has 9 nitrogen and oxygen atoms in total. The first-order valence-electron chi connectivity index (χ1n) is 14.2. The Bertz CT molecular complexity index is 1380. The fourth-order valence-electron chi connectivity index (χ4n) is 5.17. The number of hydrogen-bond donors (Lipinski definition) is 1. The van der Waals surface area contributed by atoms with Gasteiger partial charge in [-0.05, 0) is 55.5 Å². The molecule has 1 saturated carbocycles. The van der Waals surface area contributed by atoms with Crippen molar-refractivity contribution in [1.82, 2.24) is 19.8 Å². The Labute approximate surface area is 234 Å². The minimum absolute atomic E-state index is 0.00285. The number of nitrogens with zero attached hydrogens (tertiary/aromatic N) is 3. The summed E-state index contributed by atoms with van der Waals surface area (Å²) in [5.74, 6) is 0.253. The number of carbonyl (C=O) groups excluding carboxylic acids is 2. The van der Waals surface area contributed by atoms with Crippen molar-refractivity contribution in [1.29, 1.82) is 0 Å². The number of carbonyl (C=O) groups is 2. The molecule has 210 valence electrons. The number of esters is 1. The van der Waals surface area contributed by atoms with Crippen LogP contribution in [0.4, 0.5) is 0 Å². The molecule has 1 aliphatic heterocycles. The molecule has 5 rings (SSSR count). The number of para-hydroxylation sites is 1. The molecule has 40 heavy (non-hydrogen) atoms.